The molecule has 0 saturated carbocycles. The van der Waals surface area contributed by atoms with Crippen molar-refractivity contribution in [1.29, 1.82) is 0 Å². The van der Waals surface area contributed by atoms with E-state index in [2.05, 4.69) is 10.4 Å². The van der Waals surface area contributed by atoms with Crippen LogP contribution in [-0.2, 0) is 15.1 Å². The first-order chi connectivity index (χ1) is 10.2. The highest BCUT2D eigenvalue weighted by atomic mass is 32.2. The fraction of sp³-hybridized carbons (Fsp3) is 0.667. The van der Waals surface area contributed by atoms with Crippen LogP contribution in [0, 0.1) is 0 Å². The van der Waals surface area contributed by atoms with Crippen LogP contribution in [0.25, 0.3) is 0 Å². The normalized spacial score (nSPS) is 28.1. The highest BCUT2D eigenvalue weighted by Crippen LogP contribution is 2.47. The Bertz CT molecular complexity index is 621. The van der Waals surface area contributed by atoms with Crippen molar-refractivity contribution in [3.63, 3.8) is 0 Å². The number of rotatable bonds is 2. The third-order valence-corrected chi connectivity index (χ3v) is 5.79. The summed E-state index contributed by atoms with van der Waals surface area (Å²) in [5, 5.41) is 7.18. The smallest absolute Gasteiger partial charge is 0.248 e. The second-order valence-corrected chi connectivity index (χ2v) is 8.60. The molecule has 120 valence electrons. The molecule has 2 fully saturated rings. The van der Waals surface area contributed by atoms with Crippen molar-refractivity contribution in [3.8, 4) is 0 Å². The standard InChI is InChI=1S/C15H22N4O2S/c1-14(2,3)18-8-10(7-16-18)17-13(21)11-9-22-15(4)6-5-12(20)19(11)15/h7-8,11H,5-6,9H2,1-4H3,(H,17,21). The molecule has 7 heteroatoms. The van der Waals surface area contributed by atoms with Crippen molar-refractivity contribution in [1.82, 2.24) is 14.7 Å². The van der Waals surface area contributed by atoms with Crippen LogP contribution in [0.2, 0.25) is 0 Å². The summed E-state index contributed by atoms with van der Waals surface area (Å²) in [6, 6.07) is -0.386. The third-order valence-electron chi connectivity index (χ3n) is 4.28. The first-order valence-corrected chi connectivity index (χ1v) is 8.51. The van der Waals surface area contributed by atoms with Gasteiger partial charge < -0.3 is 10.2 Å². The zero-order chi connectivity index (χ0) is 16.1. The number of fused-ring (bicyclic) bond motifs is 1. The molecule has 1 aromatic rings. The molecule has 2 aliphatic heterocycles. The molecule has 2 amide bonds. The Morgan fingerprint density at radius 2 is 2.23 bits per heavy atom. The number of amides is 2. The minimum Gasteiger partial charge on any atom is -0.322 e. The summed E-state index contributed by atoms with van der Waals surface area (Å²) >= 11 is 1.70. The Kier molecular flexibility index (Phi) is 3.51. The van der Waals surface area contributed by atoms with Crippen molar-refractivity contribution < 1.29 is 9.59 Å². The van der Waals surface area contributed by atoms with E-state index in [4.69, 9.17) is 0 Å². The topological polar surface area (TPSA) is 67.2 Å². The summed E-state index contributed by atoms with van der Waals surface area (Å²) in [5.74, 6) is 0.611. The van der Waals surface area contributed by atoms with Gasteiger partial charge in [0, 0.05) is 18.4 Å². The highest BCUT2D eigenvalue weighted by Gasteiger charge is 2.52. The number of carbonyl (C=O) groups is 2. The van der Waals surface area contributed by atoms with Crippen LogP contribution in [0.4, 0.5) is 5.69 Å². The van der Waals surface area contributed by atoms with Gasteiger partial charge in [0.1, 0.15) is 6.04 Å². The molecule has 2 aliphatic rings. The molecule has 6 nitrogen and oxygen atoms in total. The molecule has 0 spiro atoms. The van der Waals surface area contributed by atoms with Gasteiger partial charge in [0.15, 0.2) is 0 Å². The molecule has 22 heavy (non-hydrogen) atoms. The minimum absolute atomic E-state index is 0.0815. The second kappa shape index (κ2) is 5.01. The van der Waals surface area contributed by atoms with Gasteiger partial charge in [-0.15, -0.1) is 11.8 Å². The van der Waals surface area contributed by atoms with Gasteiger partial charge in [-0.3, -0.25) is 14.3 Å². The van der Waals surface area contributed by atoms with Crippen LogP contribution >= 0.6 is 11.8 Å². The predicted octanol–water partition coefficient (Wildman–Crippen LogP) is 2.03. The van der Waals surface area contributed by atoms with E-state index < -0.39 is 0 Å². The minimum atomic E-state index is -0.386. The van der Waals surface area contributed by atoms with Crippen molar-refractivity contribution in [2.45, 2.75) is 57.0 Å². The van der Waals surface area contributed by atoms with E-state index in [9.17, 15) is 9.59 Å². The summed E-state index contributed by atoms with van der Waals surface area (Å²) in [6.45, 7) is 8.20. The van der Waals surface area contributed by atoms with Gasteiger partial charge in [-0.2, -0.15) is 5.10 Å². The predicted molar refractivity (Wildman–Crippen MR) is 86.6 cm³/mol. The number of nitrogens with zero attached hydrogens (tertiary/aromatic N) is 3. The van der Waals surface area contributed by atoms with Gasteiger partial charge >= 0.3 is 0 Å². The Morgan fingerprint density at radius 3 is 2.86 bits per heavy atom. The average Bonchev–Trinajstić information content (AvgIpc) is 3.06. The van der Waals surface area contributed by atoms with E-state index in [1.807, 2.05) is 38.6 Å². The molecule has 3 rings (SSSR count). The molecule has 0 aromatic carbocycles. The fourth-order valence-corrected chi connectivity index (χ4v) is 4.43. The summed E-state index contributed by atoms with van der Waals surface area (Å²) in [7, 11) is 0. The van der Waals surface area contributed by atoms with Gasteiger partial charge in [-0.05, 0) is 34.1 Å². The van der Waals surface area contributed by atoms with Gasteiger partial charge in [-0.1, -0.05) is 0 Å². The molecule has 2 unspecified atom stereocenters. The van der Waals surface area contributed by atoms with E-state index in [-0.39, 0.29) is 28.3 Å². The largest absolute Gasteiger partial charge is 0.322 e. The lowest BCUT2D eigenvalue weighted by molar-refractivity contribution is -0.135. The van der Waals surface area contributed by atoms with Crippen LogP contribution in [0.3, 0.4) is 0 Å². The summed E-state index contributed by atoms with van der Waals surface area (Å²) in [6.07, 6.45) is 4.83. The quantitative estimate of drug-likeness (QED) is 0.905. The van der Waals surface area contributed by atoms with E-state index in [0.717, 1.165) is 6.42 Å². The Labute approximate surface area is 134 Å². The number of hydrogen-bond acceptors (Lipinski definition) is 4. The molecular weight excluding hydrogens is 300 g/mol. The maximum atomic E-state index is 12.5. The van der Waals surface area contributed by atoms with E-state index in [1.54, 1.807) is 22.9 Å². The first-order valence-electron chi connectivity index (χ1n) is 7.53. The van der Waals surface area contributed by atoms with Gasteiger partial charge in [-0.25, -0.2) is 0 Å². The molecule has 0 aliphatic carbocycles. The maximum absolute atomic E-state index is 12.5. The van der Waals surface area contributed by atoms with Crippen LogP contribution < -0.4 is 5.32 Å². The Hall–Kier alpha value is -1.50. The van der Waals surface area contributed by atoms with Crippen LogP contribution in [0.15, 0.2) is 12.4 Å². The van der Waals surface area contributed by atoms with Gasteiger partial charge in [0.05, 0.1) is 22.3 Å². The number of nitrogens with one attached hydrogen (secondary N) is 1. The SMILES string of the molecule is CC12CCC(=O)N1C(C(=O)Nc1cnn(C(C)(C)C)c1)CS2. The zero-order valence-corrected chi connectivity index (χ0v) is 14.2. The van der Waals surface area contributed by atoms with E-state index in [0.29, 0.717) is 17.9 Å². The van der Waals surface area contributed by atoms with E-state index in [1.165, 1.54) is 0 Å². The lowest BCUT2D eigenvalue weighted by Crippen LogP contribution is -2.48. The number of hydrogen-bond donors (Lipinski definition) is 1. The highest BCUT2D eigenvalue weighted by molar-refractivity contribution is 8.01. The molecule has 2 saturated heterocycles. The summed E-state index contributed by atoms with van der Waals surface area (Å²) < 4.78 is 1.82. The van der Waals surface area contributed by atoms with Crippen LogP contribution in [0.5, 0.6) is 0 Å². The second-order valence-electron chi connectivity index (χ2n) is 7.10. The van der Waals surface area contributed by atoms with Crippen LogP contribution in [0.1, 0.15) is 40.5 Å². The Balaban J connectivity index is 1.73. The van der Waals surface area contributed by atoms with E-state index >= 15 is 0 Å². The monoisotopic (exact) mass is 322 g/mol. The first kappa shape index (κ1) is 15.4. The molecule has 1 aromatic heterocycles. The summed E-state index contributed by atoms with van der Waals surface area (Å²) in [4.78, 5) is 26.2. The molecule has 3 heterocycles. The van der Waals surface area contributed by atoms with Crippen molar-refractivity contribution in [2.24, 2.45) is 0 Å². The number of aromatic nitrogens is 2. The number of thioether (sulfide) groups is 1. The van der Waals surface area contributed by atoms with Crippen LogP contribution in [-0.4, -0.2) is 43.2 Å². The molecule has 0 bridgehead atoms. The zero-order valence-electron chi connectivity index (χ0n) is 13.4. The molecule has 0 radical (unpaired) electrons. The average molecular weight is 322 g/mol. The van der Waals surface area contributed by atoms with Gasteiger partial charge in [0.25, 0.3) is 0 Å². The van der Waals surface area contributed by atoms with Crippen molar-refractivity contribution in [2.75, 3.05) is 11.1 Å². The van der Waals surface area contributed by atoms with Gasteiger partial charge in [0.2, 0.25) is 11.8 Å². The lowest BCUT2D eigenvalue weighted by atomic mass is 10.1. The number of carbonyl (C=O) groups excluding carboxylic acids is 2. The molecule has 1 N–H and O–H groups in total. The summed E-state index contributed by atoms with van der Waals surface area (Å²) in [5.41, 5.74) is 0.542. The fourth-order valence-electron chi connectivity index (χ4n) is 2.99. The number of anilines is 1. The van der Waals surface area contributed by atoms with Crippen molar-refractivity contribution in [3.05, 3.63) is 12.4 Å². The Morgan fingerprint density at radius 1 is 1.50 bits per heavy atom. The third kappa shape index (κ3) is 2.51. The molecular formula is C15H22N4O2S. The lowest BCUT2D eigenvalue weighted by Gasteiger charge is -2.29. The maximum Gasteiger partial charge on any atom is 0.248 e. The molecule has 2 atom stereocenters. The van der Waals surface area contributed by atoms with Crippen molar-refractivity contribution >= 4 is 29.3 Å².